The van der Waals surface area contributed by atoms with E-state index in [9.17, 15) is 0 Å². The molecule has 2 fully saturated rings. The molecule has 2 nitrogen and oxygen atoms in total. The second kappa shape index (κ2) is 5.92. The topological polar surface area (TPSA) is 21.3 Å². The van der Waals surface area contributed by atoms with Crippen LogP contribution in [0.2, 0.25) is 0 Å². The maximum atomic E-state index is 6.16. The molecule has 2 aliphatic rings. The molecule has 0 amide bonds. The Morgan fingerprint density at radius 2 is 1.83 bits per heavy atom. The maximum absolute atomic E-state index is 6.16. The van der Waals surface area contributed by atoms with Gasteiger partial charge in [0.15, 0.2) is 0 Å². The van der Waals surface area contributed by atoms with E-state index >= 15 is 0 Å². The molecule has 0 aromatic carbocycles. The SMILES string of the molecule is CNC(C1CCOC2(CCCC2)C1)C(C)C(C)C. The molecule has 2 heteroatoms. The van der Waals surface area contributed by atoms with Crippen LogP contribution < -0.4 is 5.32 Å². The number of rotatable bonds is 4. The van der Waals surface area contributed by atoms with Crippen LogP contribution in [0.15, 0.2) is 0 Å². The summed E-state index contributed by atoms with van der Waals surface area (Å²) in [7, 11) is 2.14. The zero-order valence-electron chi connectivity index (χ0n) is 12.7. The predicted molar refractivity (Wildman–Crippen MR) is 76.7 cm³/mol. The minimum atomic E-state index is 0.259. The molecule has 3 atom stereocenters. The van der Waals surface area contributed by atoms with E-state index in [0.29, 0.717) is 6.04 Å². The van der Waals surface area contributed by atoms with Crippen molar-refractivity contribution in [3.8, 4) is 0 Å². The fraction of sp³-hybridized carbons (Fsp3) is 1.00. The molecule has 1 saturated carbocycles. The van der Waals surface area contributed by atoms with Crippen molar-refractivity contribution < 1.29 is 4.74 Å². The second-order valence-corrected chi connectivity index (χ2v) is 6.91. The van der Waals surface area contributed by atoms with Crippen molar-refractivity contribution in [2.45, 2.75) is 70.9 Å². The number of hydrogen-bond donors (Lipinski definition) is 1. The van der Waals surface area contributed by atoms with Gasteiger partial charge in [0.1, 0.15) is 0 Å². The van der Waals surface area contributed by atoms with Gasteiger partial charge in [-0.15, -0.1) is 0 Å². The highest BCUT2D eigenvalue weighted by atomic mass is 16.5. The van der Waals surface area contributed by atoms with Gasteiger partial charge in [0.25, 0.3) is 0 Å². The summed E-state index contributed by atoms with van der Waals surface area (Å²) < 4.78 is 6.16. The first kappa shape index (κ1) is 14.3. The highest BCUT2D eigenvalue weighted by molar-refractivity contribution is 4.95. The fourth-order valence-electron chi connectivity index (χ4n) is 4.08. The van der Waals surface area contributed by atoms with E-state index in [2.05, 4.69) is 33.1 Å². The third-order valence-electron chi connectivity index (χ3n) is 5.51. The summed E-state index contributed by atoms with van der Waals surface area (Å²) in [5.74, 6) is 2.31. The van der Waals surface area contributed by atoms with Gasteiger partial charge in [-0.05, 0) is 50.5 Å². The molecule has 0 bridgehead atoms. The van der Waals surface area contributed by atoms with Gasteiger partial charge in [-0.3, -0.25) is 0 Å². The first-order chi connectivity index (χ1) is 8.58. The molecule has 1 aliphatic heterocycles. The van der Waals surface area contributed by atoms with Gasteiger partial charge in [0, 0.05) is 12.6 Å². The Labute approximate surface area is 113 Å². The largest absolute Gasteiger partial charge is 0.375 e. The minimum absolute atomic E-state index is 0.259. The minimum Gasteiger partial charge on any atom is -0.375 e. The molecule has 0 aromatic heterocycles. The fourth-order valence-corrected chi connectivity index (χ4v) is 4.08. The molecule has 106 valence electrons. The number of nitrogens with one attached hydrogen (secondary N) is 1. The first-order valence-corrected chi connectivity index (χ1v) is 7.89. The van der Waals surface area contributed by atoms with E-state index in [4.69, 9.17) is 4.74 Å². The van der Waals surface area contributed by atoms with E-state index in [1.54, 1.807) is 0 Å². The van der Waals surface area contributed by atoms with E-state index in [-0.39, 0.29) is 5.60 Å². The molecule has 1 aliphatic carbocycles. The molecular formula is C16H31NO. The van der Waals surface area contributed by atoms with Crippen molar-refractivity contribution >= 4 is 0 Å². The summed E-state index contributed by atoms with van der Waals surface area (Å²) in [6.45, 7) is 8.08. The van der Waals surface area contributed by atoms with Gasteiger partial charge in [-0.2, -0.15) is 0 Å². The van der Waals surface area contributed by atoms with Gasteiger partial charge < -0.3 is 10.1 Å². The standard InChI is InChI=1S/C16H31NO/c1-12(2)13(3)15(17-4)14-7-10-18-16(11-14)8-5-6-9-16/h12-15,17H,5-11H2,1-4H3. The van der Waals surface area contributed by atoms with Gasteiger partial charge in [0.2, 0.25) is 0 Å². The highest BCUT2D eigenvalue weighted by Crippen LogP contribution is 2.44. The average molecular weight is 253 g/mol. The molecule has 18 heavy (non-hydrogen) atoms. The lowest BCUT2D eigenvalue weighted by molar-refractivity contribution is -0.101. The van der Waals surface area contributed by atoms with Crippen LogP contribution in [0.5, 0.6) is 0 Å². The van der Waals surface area contributed by atoms with Crippen molar-refractivity contribution in [1.82, 2.24) is 5.32 Å². The predicted octanol–water partition coefficient (Wildman–Crippen LogP) is 3.61. The smallest absolute Gasteiger partial charge is 0.0685 e. The van der Waals surface area contributed by atoms with Crippen molar-refractivity contribution in [3.63, 3.8) is 0 Å². The van der Waals surface area contributed by atoms with E-state index in [1.165, 1.54) is 38.5 Å². The first-order valence-electron chi connectivity index (χ1n) is 7.89. The molecular weight excluding hydrogens is 222 g/mol. The summed E-state index contributed by atoms with van der Waals surface area (Å²) in [6, 6.07) is 0.659. The Hall–Kier alpha value is -0.0800. The normalized spacial score (nSPS) is 30.8. The highest BCUT2D eigenvalue weighted by Gasteiger charge is 2.42. The Morgan fingerprint density at radius 3 is 2.39 bits per heavy atom. The van der Waals surface area contributed by atoms with E-state index in [1.807, 2.05) is 0 Å². The van der Waals surface area contributed by atoms with Crippen LogP contribution in [0.4, 0.5) is 0 Å². The summed E-state index contributed by atoms with van der Waals surface area (Å²) in [5.41, 5.74) is 0.259. The van der Waals surface area contributed by atoms with Crippen LogP contribution in [-0.4, -0.2) is 25.3 Å². The third kappa shape index (κ3) is 2.91. The summed E-state index contributed by atoms with van der Waals surface area (Å²) in [6.07, 6.45) is 7.87. The summed E-state index contributed by atoms with van der Waals surface area (Å²) in [5, 5.41) is 3.60. The van der Waals surface area contributed by atoms with Gasteiger partial charge in [-0.25, -0.2) is 0 Å². The molecule has 1 N–H and O–H groups in total. The molecule has 0 aromatic rings. The molecule has 1 saturated heterocycles. The van der Waals surface area contributed by atoms with Crippen LogP contribution in [0.25, 0.3) is 0 Å². The Morgan fingerprint density at radius 1 is 1.17 bits per heavy atom. The lowest BCUT2D eigenvalue weighted by Crippen LogP contribution is -2.48. The van der Waals surface area contributed by atoms with E-state index < -0.39 is 0 Å². The lowest BCUT2D eigenvalue weighted by Gasteiger charge is -2.43. The van der Waals surface area contributed by atoms with Crippen LogP contribution in [0.3, 0.4) is 0 Å². The monoisotopic (exact) mass is 253 g/mol. The van der Waals surface area contributed by atoms with Gasteiger partial charge in [0.05, 0.1) is 5.60 Å². The third-order valence-corrected chi connectivity index (χ3v) is 5.51. The van der Waals surface area contributed by atoms with Crippen molar-refractivity contribution in [1.29, 1.82) is 0 Å². The summed E-state index contributed by atoms with van der Waals surface area (Å²) >= 11 is 0. The second-order valence-electron chi connectivity index (χ2n) is 6.91. The zero-order chi connectivity index (χ0) is 13.2. The van der Waals surface area contributed by atoms with Crippen LogP contribution in [0.1, 0.15) is 59.3 Å². The molecule has 2 rings (SSSR count). The number of ether oxygens (including phenoxy) is 1. The van der Waals surface area contributed by atoms with Crippen LogP contribution >= 0.6 is 0 Å². The van der Waals surface area contributed by atoms with Gasteiger partial charge >= 0.3 is 0 Å². The Bertz CT molecular complexity index is 258. The van der Waals surface area contributed by atoms with Gasteiger partial charge in [-0.1, -0.05) is 33.6 Å². The van der Waals surface area contributed by atoms with Crippen molar-refractivity contribution in [2.75, 3.05) is 13.7 Å². The quantitative estimate of drug-likeness (QED) is 0.826. The molecule has 3 unspecified atom stereocenters. The van der Waals surface area contributed by atoms with Crippen LogP contribution in [0, 0.1) is 17.8 Å². The molecule has 0 radical (unpaired) electrons. The number of hydrogen-bond acceptors (Lipinski definition) is 2. The molecule has 1 spiro atoms. The molecule has 1 heterocycles. The Balaban J connectivity index is 2.02. The average Bonchev–Trinajstić information content (AvgIpc) is 2.78. The summed E-state index contributed by atoms with van der Waals surface area (Å²) in [4.78, 5) is 0. The maximum Gasteiger partial charge on any atom is 0.0685 e. The van der Waals surface area contributed by atoms with Crippen molar-refractivity contribution in [2.24, 2.45) is 17.8 Å². The lowest BCUT2D eigenvalue weighted by atomic mass is 9.74. The Kier molecular flexibility index (Phi) is 4.71. The zero-order valence-corrected chi connectivity index (χ0v) is 12.7. The van der Waals surface area contributed by atoms with Crippen LogP contribution in [-0.2, 0) is 4.74 Å². The van der Waals surface area contributed by atoms with Crippen molar-refractivity contribution in [3.05, 3.63) is 0 Å². The van der Waals surface area contributed by atoms with E-state index in [0.717, 1.165) is 24.4 Å².